The molecule has 0 saturated heterocycles. The Kier molecular flexibility index (Phi) is 4.17. The lowest BCUT2D eigenvalue weighted by molar-refractivity contribution is -0.118. The molecule has 3 rings (SSSR count). The van der Waals surface area contributed by atoms with Gasteiger partial charge >= 0.3 is 0 Å². The zero-order valence-corrected chi connectivity index (χ0v) is 12.4. The highest BCUT2D eigenvalue weighted by Gasteiger charge is 2.07. The summed E-state index contributed by atoms with van der Waals surface area (Å²) in [6.45, 7) is -0.0413. The van der Waals surface area contributed by atoms with Gasteiger partial charge in [-0.3, -0.25) is 10.2 Å². The highest BCUT2D eigenvalue weighted by molar-refractivity contribution is 7.22. The largest absolute Gasteiger partial charge is 0.484 e. The molecule has 3 aromatic rings. The number of ether oxygens (including phenoxy) is 1. The van der Waals surface area contributed by atoms with Crippen LogP contribution in [0.4, 0.5) is 10.8 Å². The maximum absolute atomic E-state index is 11.9. The van der Waals surface area contributed by atoms with E-state index in [0.717, 1.165) is 10.2 Å². The molecule has 2 aromatic carbocycles. The lowest BCUT2D eigenvalue weighted by Crippen LogP contribution is -2.20. The zero-order chi connectivity index (χ0) is 15.4. The van der Waals surface area contributed by atoms with E-state index >= 15 is 0 Å². The normalized spacial score (nSPS) is 10.4. The molecule has 112 valence electrons. The summed E-state index contributed by atoms with van der Waals surface area (Å²) in [7, 11) is 0. The first-order valence-electron chi connectivity index (χ1n) is 6.59. The summed E-state index contributed by atoms with van der Waals surface area (Å²) >= 11 is 1.42. The summed E-state index contributed by atoms with van der Waals surface area (Å²) in [6.07, 6.45) is 0. The number of hydrazine groups is 1. The lowest BCUT2D eigenvalue weighted by atomic mass is 10.3. The van der Waals surface area contributed by atoms with Crippen LogP contribution >= 0.6 is 11.3 Å². The van der Waals surface area contributed by atoms with E-state index in [1.807, 2.05) is 30.3 Å². The zero-order valence-electron chi connectivity index (χ0n) is 11.6. The number of hydrogen-bond acceptors (Lipinski definition) is 6. The Morgan fingerprint density at radius 1 is 1.23 bits per heavy atom. The minimum Gasteiger partial charge on any atom is -0.484 e. The molecule has 0 aliphatic carbocycles. The van der Waals surface area contributed by atoms with E-state index in [9.17, 15) is 4.79 Å². The minimum atomic E-state index is -0.218. The molecule has 6 nitrogen and oxygen atoms in total. The third kappa shape index (κ3) is 3.33. The van der Waals surface area contributed by atoms with E-state index in [2.05, 4.69) is 15.7 Å². The van der Waals surface area contributed by atoms with Crippen molar-refractivity contribution in [1.29, 1.82) is 0 Å². The number of aromatic nitrogens is 1. The number of fused-ring (bicyclic) bond motifs is 1. The first kappa shape index (κ1) is 14.3. The molecule has 0 spiro atoms. The second-order valence-electron chi connectivity index (χ2n) is 4.50. The maximum Gasteiger partial charge on any atom is 0.262 e. The Hall–Kier alpha value is -2.64. The van der Waals surface area contributed by atoms with Gasteiger partial charge in [-0.1, -0.05) is 29.5 Å². The number of carbonyl (C=O) groups excluding carboxylic acids is 1. The number of anilines is 2. The van der Waals surface area contributed by atoms with Gasteiger partial charge in [-0.15, -0.1) is 0 Å². The van der Waals surface area contributed by atoms with E-state index in [1.54, 1.807) is 18.2 Å². The van der Waals surface area contributed by atoms with E-state index in [0.29, 0.717) is 16.6 Å². The molecule has 0 unspecified atom stereocenters. The number of para-hydroxylation sites is 1. The molecule has 0 fully saturated rings. The number of nitrogen functional groups attached to an aromatic ring is 1. The quantitative estimate of drug-likeness (QED) is 0.497. The van der Waals surface area contributed by atoms with Crippen LogP contribution in [-0.4, -0.2) is 17.5 Å². The van der Waals surface area contributed by atoms with Crippen molar-refractivity contribution < 1.29 is 9.53 Å². The van der Waals surface area contributed by atoms with Crippen molar-refractivity contribution >= 4 is 38.3 Å². The number of nitrogens with one attached hydrogen (secondary N) is 2. The summed E-state index contributed by atoms with van der Waals surface area (Å²) in [4.78, 5) is 16.2. The van der Waals surface area contributed by atoms with Crippen LogP contribution in [0.2, 0.25) is 0 Å². The van der Waals surface area contributed by atoms with Crippen LogP contribution in [0, 0.1) is 0 Å². The SMILES string of the molecule is NNc1nc2ccc(NC(=O)COc3ccccc3)cc2s1. The van der Waals surface area contributed by atoms with Crippen LogP contribution < -0.4 is 21.3 Å². The highest BCUT2D eigenvalue weighted by Crippen LogP contribution is 2.27. The van der Waals surface area contributed by atoms with Crippen molar-refractivity contribution in [3.05, 3.63) is 48.5 Å². The first-order valence-corrected chi connectivity index (χ1v) is 7.41. The molecule has 4 N–H and O–H groups in total. The molecule has 0 saturated carbocycles. The van der Waals surface area contributed by atoms with Crippen LogP contribution in [0.15, 0.2) is 48.5 Å². The highest BCUT2D eigenvalue weighted by atomic mass is 32.1. The molecule has 1 amide bonds. The van der Waals surface area contributed by atoms with E-state index in [1.165, 1.54) is 11.3 Å². The van der Waals surface area contributed by atoms with Crippen molar-refractivity contribution in [2.75, 3.05) is 17.3 Å². The molecule has 0 bridgehead atoms. The smallest absolute Gasteiger partial charge is 0.262 e. The third-order valence-corrected chi connectivity index (χ3v) is 3.86. The van der Waals surface area contributed by atoms with Gasteiger partial charge in [0, 0.05) is 5.69 Å². The average Bonchev–Trinajstić information content (AvgIpc) is 2.96. The number of nitrogens with zero attached hydrogens (tertiary/aromatic N) is 1. The van der Waals surface area contributed by atoms with Crippen molar-refractivity contribution in [2.45, 2.75) is 0 Å². The van der Waals surface area contributed by atoms with Crippen LogP contribution in [-0.2, 0) is 4.79 Å². The van der Waals surface area contributed by atoms with Gasteiger partial charge in [-0.05, 0) is 30.3 Å². The molecule has 0 aliphatic heterocycles. The van der Waals surface area contributed by atoms with Gasteiger partial charge in [0.05, 0.1) is 10.2 Å². The standard InChI is InChI=1S/C15H14N4O2S/c16-19-15-18-12-7-6-10(8-13(12)22-15)17-14(20)9-21-11-4-2-1-3-5-11/h1-8H,9,16H2,(H,17,20)(H,18,19). The molecule has 1 aromatic heterocycles. The second kappa shape index (κ2) is 6.42. The van der Waals surface area contributed by atoms with Gasteiger partial charge in [-0.2, -0.15) is 0 Å². The lowest BCUT2D eigenvalue weighted by Gasteiger charge is -2.07. The fourth-order valence-electron chi connectivity index (χ4n) is 1.93. The van der Waals surface area contributed by atoms with Gasteiger partial charge in [0.25, 0.3) is 5.91 Å². The Morgan fingerprint density at radius 2 is 2.05 bits per heavy atom. The number of hydrogen-bond donors (Lipinski definition) is 3. The fraction of sp³-hybridized carbons (Fsp3) is 0.0667. The van der Waals surface area contributed by atoms with Crippen LogP contribution in [0.25, 0.3) is 10.2 Å². The van der Waals surface area contributed by atoms with E-state index in [4.69, 9.17) is 10.6 Å². The number of carbonyl (C=O) groups is 1. The fourth-order valence-corrected chi connectivity index (χ4v) is 2.74. The number of thiazole rings is 1. The summed E-state index contributed by atoms with van der Waals surface area (Å²) in [5.74, 6) is 5.78. The van der Waals surface area contributed by atoms with Crippen molar-refractivity contribution in [2.24, 2.45) is 5.84 Å². The maximum atomic E-state index is 11.9. The van der Waals surface area contributed by atoms with Crippen LogP contribution in [0.3, 0.4) is 0 Å². The van der Waals surface area contributed by atoms with Crippen molar-refractivity contribution in [1.82, 2.24) is 4.98 Å². The number of nitrogens with two attached hydrogens (primary N) is 1. The van der Waals surface area contributed by atoms with Crippen LogP contribution in [0.5, 0.6) is 5.75 Å². The molecule has 0 aliphatic rings. The van der Waals surface area contributed by atoms with Gasteiger partial charge in [0.1, 0.15) is 5.75 Å². The molecule has 7 heteroatoms. The summed E-state index contributed by atoms with van der Waals surface area (Å²) in [5, 5.41) is 3.43. The Morgan fingerprint density at radius 3 is 2.82 bits per heavy atom. The average molecular weight is 314 g/mol. The third-order valence-electron chi connectivity index (χ3n) is 2.91. The predicted octanol–water partition coefficient (Wildman–Crippen LogP) is 2.60. The number of benzene rings is 2. The van der Waals surface area contributed by atoms with E-state index < -0.39 is 0 Å². The first-order chi connectivity index (χ1) is 10.7. The predicted molar refractivity (Wildman–Crippen MR) is 88.0 cm³/mol. The molecule has 0 atom stereocenters. The second-order valence-corrected chi connectivity index (χ2v) is 5.53. The van der Waals surface area contributed by atoms with Gasteiger partial charge < -0.3 is 10.1 Å². The van der Waals surface area contributed by atoms with Crippen LogP contribution in [0.1, 0.15) is 0 Å². The Labute approximate surface area is 130 Å². The molecule has 22 heavy (non-hydrogen) atoms. The summed E-state index contributed by atoms with van der Waals surface area (Å²) in [6, 6.07) is 14.7. The van der Waals surface area contributed by atoms with Gasteiger partial charge in [-0.25, -0.2) is 10.8 Å². The molecule has 0 radical (unpaired) electrons. The Balaban J connectivity index is 1.63. The Bertz CT molecular complexity index is 789. The van der Waals surface area contributed by atoms with Crippen molar-refractivity contribution in [3.63, 3.8) is 0 Å². The molecule has 1 heterocycles. The van der Waals surface area contributed by atoms with Crippen molar-refractivity contribution in [3.8, 4) is 5.75 Å². The number of rotatable bonds is 5. The van der Waals surface area contributed by atoms with E-state index in [-0.39, 0.29) is 12.5 Å². The molecular formula is C15H14N4O2S. The minimum absolute atomic E-state index is 0.0413. The van der Waals surface area contributed by atoms with Gasteiger partial charge in [0.15, 0.2) is 11.7 Å². The van der Waals surface area contributed by atoms with Gasteiger partial charge in [0.2, 0.25) is 0 Å². The topological polar surface area (TPSA) is 89.3 Å². The monoisotopic (exact) mass is 314 g/mol. The number of amides is 1. The molecular weight excluding hydrogens is 300 g/mol. The summed E-state index contributed by atoms with van der Waals surface area (Å²) < 4.78 is 6.34. The summed E-state index contributed by atoms with van der Waals surface area (Å²) in [5.41, 5.74) is 4.04.